The lowest BCUT2D eigenvalue weighted by atomic mass is 10.2. The summed E-state index contributed by atoms with van der Waals surface area (Å²) in [5, 5.41) is -0.114. The highest BCUT2D eigenvalue weighted by molar-refractivity contribution is 8.14. The molecule has 7 heteroatoms. The van der Waals surface area contributed by atoms with Crippen molar-refractivity contribution in [1.82, 2.24) is 4.98 Å². The molecule has 1 saturated heterocycles. The van der Waals surface area contributed by atoms with Crippen LogP contribution >= 0.6 is 11.8 Å². The number of rotatable bonds is 4. The van der Waals surface area contributed by atoms with Crippen LogP contribution in [0.15, 0.2) is 18.5 Å². The molecular weight excluding hydrogens is 292 g/mol. The molecule has 1 aromatic rings. The second-order valence-corrected chi connectivity index (χ2v) is 6.03. The number of ether oxygens (including phenoxy) is 1. The molecule has 21 heavy (non-hydrogen) atoms. The molecule has 0 aromatic carbocycles. The Morgan fingerprint density at radius 3 is 2.95 bits per heavy atom. The predicted molar refractivity (Wildman–Crippen MR) is 79.2 cm³/mol. The smallest absolute Gasteiger partial charge is 0.340 e. The molecule has 0 spiro atoms. The first-order valence-corrected chi connectivity index (χ1v) is 7.49. The number of carbonyl (C=O) groups is 3. The van der Waals surface area contributed by atoms with E-state index < -0.39 is 5.97 Å². The van der Waals surface area contributed by atoms with E-state index in [4.69, 9.17) is 4.74 Å². The average molecular weight is 308 g/mol. The van der Waals surface area contributed by atoms with E-state index >= 15 is 0 Å². The molecule has 112 valence electrons. The summed E-state index contributed by atoms with van der Waals surface area (Å²) in [6, 6.07) is 1.53. The third kappa shape index (κ3) is 3.60. The Morgan fingerprint density at radius 2 is 2.29 bits per heavy atom. The number of thioether (sulfide) groups is 1. The van der Waals surface area contributed by atoms with Crippen LogP contribution in [-0.2, 0) is 14.3 Å². The Labute approximate surface area is 126 Å². The Balaban J connectivity index is 2.24. The summed E-state index contributed by atoms with van der Waals surface area (Å²) in [4.78, 5) is 40.7. The second-order valence-electron chi connectivity index (χ2n) is 4.55. The second kappa shape index (κ2) is 6.71. The van der Waals surface area contributed by atoms with Gasteiger partial charge in [-0.15, -0.1) is 0 Å². The zero-order chi connectivity index (χ0) is 15.4. The van der Waals surface area contributed by atoms with E-state index in [-0.39, 0.29) is 29.3 Å². The Morgan fingerprint density at radius 1 is 1.52 bits per heavy atom. The molecular formula is C14H16N2O4S. The number of amides is 1. The van der Waals surface area contributed by atoms with E-state index in [1.54, 1.807) is 6.92 Å². The minimum Gasteiger partial charge on any atom is -0.462 e. The third-order valence-electron chi connectivity index (χ3n) is 3.01. The topological polar surface area (TPSA) is 76.6 Å². The monoisotopic (exact) mass is 308 g/mol. The summed E-state index contributed by atoms with van der Waals surface area (Å²) in [5.74, 6) is -0.599. The van der Waals surface area contributed by atoms with Gasteiger partial charge in [0.1, 0.15) is 0 Å². The molecule has 2 rings (SSSR count). The molecule has 0 radical (unpaired) electrons. The van der Waals surface area contributed by atoms with E-state index in [0.29, 0.717) is 17.8 Å². The van der Waals surface area contributed by atoms with E-state index in [9.17, 15) is 14.4 Å². The van der Waals surface area contributed by atoms with Crippen LogP contribution in [0.2, 0.25) is 0 Å². The zero-order valence-electron chi connectivity index (χ0n) is 11.9. The van der Waals surface area contributed by atoms with Gasteiger partial charge in [0.05, 0.1) is 24.1 Å². The maximum Gasteiger partial charge on any atom is 0.340 e. The number of hydrogen-bond donors (Lipinski definition) is 0. The van der Waals surface area contributed by atoms with Gasteiger partial charge in [-0.1, -0.05) is 11.8 Å². The Kier molecular flexibility index (Phi) is 4.95. The average Bonchev–Trinajstić information content (AvgIpc) is 2.78. The summed E-state index contributed by atoms with van der Waals surface area (Å²) < 4.78 is 4.99. The van der Waals surface area contributed by atoms with E-state index in [1.807, 2.05) is 0 Å². The molecule has 0 bridgehead atoms. The highest BCUT2D eigenvalue weighted by atomic mass is 32.2. The molecule has 1 unspecified atom stereocenters. The first-order chi connectivity index (χ1) is 10.0. The summed E-state index contributed by atoms with van der Waals surface area (Å²) >= 11 is 1.15. The van der Waals surface area contributed by atoms with Crippen LogP contribution in [0.4, 0.5) is 5.69 Å². The minimum atomic E-state index is -0.481. The molecule has 1 aliphatic heterocycles. The van der Waals surface area contributed by atoms with Gasteiger partial charge in [0.15, 0.2) is 5.12 Å². The molecule has 0 aliphatic carbocycles. The molecule has 1 aromatic heterocycles. The SMILES string of the molecule is CCOC(=O)c1ccncc1N1CC(SC(C)=O)CC1=O. The van der Waals surface area contributed by atoms with Crippen LogP contribution in [0.5, 0.6) is 0 Å². The zero-order valence-corrected chi connectivity index (χ0v) is 12.7. The number of nitrogens with zero attached hydrogens (tertiary/aromatic N) is 2. The van der Waals surface area contributed by atoms with Crippen LogP contribution in [0, 0.1) is 0 Å². The van der Waals surface area contributed by atoms with Gasteiger partial charge in [0.2, 0.25) is 5.91 Å². The van der Waals surface area contributed by atoms with Crippen LogP contribution < -0.4 is 4.90 Å². The van der Waals surface area contributed by atoms with Gasteiger partial charge < -0.3 is 9.64 Å². The molecule has 0 saturated carbocycles. The number of anilines is 1. The van der Waals surface area contributed by atoms with Crippen molar-refractivity contribution in [3.63, 3.8) is 0 Å². The molecule has 2 heterocycles. The highest BCUT2D eigenvalue weighted by Crippen LogP contribution is 2.30. The van der Waals surface area contributed by atoms with Crippen molar-refractivity contribution in [3.8, 4) is 0 Å². The van der Waals surface area contributed by atoms with Crippen molar-refractivity contribution < 1.29 is 19.1 Å². The number of hydrogen-bond acceptors (Lipinski definition) is 6. The lowest BCUT2D eigenvalue weighted by molar-refractivity contribution is -0.117. The van der Waals surface area contributed by atoms with Crippen molar-refractivity contribution in [3.05, 3.63) is 24.0 Å². The largest absolute Gasteiger partial charge is 0.462 e. The fourth-order valence-corrected chi connectivity index (χ4v) is 3.12. The van der Waals surface area contributed by atoms with Crippen LogP contribution in [-0.4, -0.2) is 40.4 Å². The van der Waals surface area contributed by atoms with Gasteiger partial charge in [-0.25, -0.2) is 4.79 Å². The Hall–Kier alpha value is -1.89. The lowest BCUT2D eigenvalue weighted by Gasteiger charge is -2.18. The summed E-state index contributed by atoms with van der Waals surface area (Å²) in [6.07, 6.45) is 3.24. The van der Waals surface area contributed by atoms with Crippen LogP contribution in [0.25, 0.3) is 0 Å². The minimum absolute atomic E-state index is 0.0218. The van der Waals surface area contributed by atoms with Gasteiger partial charge in [0.25, 0.3) is 0 Å². The normalized spacial score (nSPS) is 17.9. The fraction of sp³-hybridized carbons (Fsp3) is 0.429. The van der Waals surface area contributed by atoms with Crippen molar-refractivity contribution >= 4 is 34.4 Å². The quantitative estimate of drug-likeness (QED) is 0.787. The van der Waals surface area contributed by atoms with Crippen molar-refractivity contribution in [1.29, 1.82) is 0 Å². The van der Waals surface area contributed by atoms with E-state index in [2.05, 4.69) is 4.98 Å². The van der Waals surface area contributed by atoms with Crippen molar-refractivity contribution in [2.75, 3.05) is 18.1 Å². The lowest BCUT2D eigenvalue weighted by Crippen LogP contribution is -2.27. The summed E-state index contributed by atoms with van der Waals surface area (Å²) in [5.41, 5.74) is 0.751. The van der Waals surface area contributed by atoms with Crippen LogP contribution in [0.3, 0.4) is 0 Å². The van der Waals surface area contributed by atoms with Gasteiger partial charge >= 0.3 is 5.97 Å². The first kappa shape index (κ1) is 15.5. The van der Waals surface area contributed by atoms with Crippen molar-refractivity contribution in [2.45, 2.75) is 25.5 Å². The maximum absolute atomic E-state index is 12.1. The maximum atomic E-state index is 12.1. The number of carbonyl (C=O) groups excluding carboxylic acids is 3. The summed E-state index contributed by atoms with van der Waals surface area (Å²) in [7, 11) is 0. The molecule has 1 aliphatic rings. The van der Waals surface area contributed by atoms with Crippen molar-refractivity contribution in [2.24, 2.45) is 0 Å². The molecule has 0 N–H and O–H groups in total. The summed E-state index contributed by atoms with van der Waals surface area (Å²) in [6.45, 7) is 3.85. The standard InChI is InChI=1S/C14H16N2O4S/c1-3-20-14(19)11-4-5-15-7-12(11)16-8-10(6-13(16)18)21-9(2)17/h4-5,7,10H,3,6,8H2,1-2H3. The van der Waals surface area contributed by atoms with E-state index in [0.717, 1.165) is 11.8 Å². The molecule has 1 amide bonds. The Bertz CT molecular complexity index is 576. The molecule has 6 nitrogen and oxygen atoms in total. The number of aromatic nitrogens is 1. The molecule has 1 fully saturated rings. The molecule has 1 atom stereocenters. The number of pyridine rings is 1. The fourth-order valence-electron chi connectivity index (χ4n) is 2.20. The van der Waals surface area contributed by atoms with Crippen LogP contribution in [0.1, 0.15) is 30.6 Å². The van der Waals surface area contributed by atoms with Gasteiger partial charge in [-0.3, -0.25) is 14.6 Å². The highest BCUT2D eigenvalue weighted by Gasteiger charge is 2.34. The van der Waals surface area contributed by atoms with Gasteiger partial charge in [-0.2, -0.15) is 0 Å². The third-order valence-corrected chi connectivity index (χ3v) is 3.99. The first-order valence-electron chi connectivity index (χ1n) is 6.61. The number of esters is 1. The van der Waals surface area contributed by atoms with Gasteiger partial charge in [-0.05, 0) is 13.0 Å². The van der Waals surface area contributed by atoms with Gasteiger partial charge in [0, 0.05) is 31.3 Å². The van der Waals surface area contributed by atoms with E-state index in [1.165, 1.54) is 30.3 Å². The predicted octanol–water partition coefficient (Wildman–Crippen LogP) is 1.64.